The summed E-state index contributed by atoms with van der Waals surface area (Å²) < 4.78 is 8.17. The van der Waals surface area contributed by atoms with Crippen LogP contribution in [0.2, 0.25) is 0 Å². The molecule has 3 rings (SSSR count). The number of carbonyl (C=O) groups is 3. The molecule has 36 heavy (non-hydrogen) atoms. The molecule has 1 unspecified atom stereocenters. The Balaban J connectivity index is 1.37. The van der Waals surface area contributed by atoms with Crippen molar-refractivity contribution in [1.29, 1.82) is 0 Å². The van der Waals surface area contributed by atoms with Gasteiger partial charge in [-0.15, -0.1) is 0 Å². The molecule has 1 aromatic carbocycles. The molecule has 1 saturated heterocycles. The number of alkyl carbamates (subject to hydrolysis) is 1. The second kappa shape index (κ2) is 13.8. The fraction of sp³-hybridized carbons (Fsp3) is 0.630. The van der Waals surface area contributed by atoms with Crippen molar-refractivity contribution in [3.05, 3.63) is 34.2 Å². The van der Waals surface area contributed by atoms with Crippen molar-refractivity contribution in [1.82, 2.24) is 19.8 Å². The quantitative estimate of drug-likeness (QED) is 0.299. The molecular weight excluding hydrogens is 460 g/mol. The number of hydrogen-bond acceptors (Lipinski definition) is 5. The molecule has 9 heteroatoms. The summed E-state index contributed by atoms with van der Waals surface area (Å²) in [5.41, 5.74) is 2.48. The molecule has 1 aromatic heterocycles. The van der Waals surface area contributed by atoms with Gasteiger partial charge in [0.25, 0.3) is 0 Å². The van der Waals surface area contributed by atoms with Crippen LogP contribution in [0.15, 0.2) is 23.0 Å². The molecule has 1 atom stereocenters. The summed E-state index contributed by atoms with van der Waals surface area (Å²) in [5.74, 6) is -0.699. The number of amides is 3. The molecule has 198 valence electrons. The van der Waals surface area contributed by atoms with Gasteiger partial charge in [0, 0.05) is 20.0 Å². The number of rotatable bonds is 14. The van der Waals surface area contributed by atoms with Crippen LogP contribution >= 0.6 is 0 Å². The first-order chi connectivity index (χ1) is 17.4. The average Bonchev–Trinajstić information content (AvgIpc) is 3.10. The fourth-order valence-electron chi connectivity index (χ4n) is 4.68. The van der Waals surface area contributed by atoms with Crippen molar-refractivity contribution >= 4 is 28.9 Å². The number of imidazole rings is 1. The third-order valence-corrected chi connectivity index (χ3v) is 6.82. The van der Waals surface area contributed by atoms with E-state index in [-0.39, 0.29) is 24.1 Å². The minimum absolute atomic E-state index is 0.236. The number of nitrogens with zero attached hydrogens (tertiary/aromatic N) is 2. The molecule has 1 fully saturated rings. The van der Waals surface area contributed by atoms with E-state index in [0.717, 1.165) is 62.4 Å². The molecule has 0 radical (unpaired) electrons. The van der Waals surface area contributed by atoms with Crippen molar-refractivity contribution < 1.29 is 19.1 Å². The first-order valence-corrected chi connectivity index (χ1v) is 13.4. The molecule has 2 aromatic rings. The number of hydrogen-bond donors (Lipinski definition) is 2. The summed E-state index contributed by atoms with van der Waals surface area (Å²) >= 11 is 0. The van der Waals surface area contributed by atoms with Crippen LogP contribution < -0.4 is 16.3 Å². The molecule has 1 aliphatic rings. The topological polar surface area (TPSA) is 111 Å². The first-order valence-electron chi connectivity index (χ1n) is 13.4. The van der Waals surface area contributed by atoms with Crippen LogP contribution in [0, 0.1) is 0 Å². The van der Waals surface area contributed by atoms with Crippen LogP contribution in [0.3, 0.4) is 0 Å². The molecule has 0 bridgehead atoms. The number of fused-ring (bicyclic) bond motifs is 1. The highest BCUT2D eigenvalue weighted by Gasteiger charge is 2.31. The van der Waals surface area contributed by atoms with Crippen LogP contribution in [0.1, 0.15) is 89.2 Å². The van der Waals surface area contributed by atoms with Gasteiger partial charge in [-0.2, -0.15) is 0 Å². The summed E-state index contributed by atoms with van der Waals surface area (Å²) in [5, 5.41) is 5.14. The SMILES string of the molecule is CCCCOC(=O)NCCCCCCCCCc1ccc2c(c1)n(C)c(=O)n2C1CCC(=O)NC1=O. The highest BCUT2D eigenvalue weighted by molar-refractivity contribution is 6.00. The van der Waals surface area contributed by atoms with Gasteiger partial charge in [0.1, 0.15) is 6.04 Å². The van der Waals surface area contributed by atoms with Gasteiger partial charge in [-0.05, 0) is 49.8 Å². The Kier molecular flexibility index (Phi) is 10.6. The Morgan fingerprint density at radius 3 is 2.47 bits per heavy atom. The summed E-state index contributed by atoms with van der Waals surface area (Å²) in [6, 6.07) is 5.34. The lowest BCUT2D eigenvalue weighted by Gasteiger charge is -2.21. The average molecular weight is 501 g/mol. The number of ether oxygens (including phenoxy) is 1. The number of carbonyl (C=O) groups excluding carboxylic acids is 3. The number of piperidine rings is 1. The number of imide groups is 1. The largest absolute Gasteiger partial charge is 0.450 e. The third kappa shape index (κ3) is 7.45. The summed E-state index contributed by atoms with van der Waals surface area (Å²) in [6.45, 7) is 3.22. The molecule has 2 N–H and O–H groups in total. The Hall–Kier alpha value is -3.10. The van der Waals surface area contributed by atoms with E-state index in [4.69, 9.17) is 4.74 Å². The number of aryl methyl sites for hydroxylation is 2. The number of aromatic nitrogens is 2. The molecule has 0 saturated carbocycles. The van der Waals surface area contributed by atoms with Crippen molar-refractivity contribution in [2.75, 3.05) is 13.2 Å². The van der Waals surface area contributed by atoms with Gasteiger partial charge >= 0.3 is 11.8 Å². The van der Waals surface area contributed by atoms with E-state index in [1.54, 1.807) is 11.6 Å². The number of benzene rings is 1. The van der Waals surface area contributed by atoms with Crippen molar-refractivity contribution in [3.63, 3.8) is 0 Å². The first kappa shape index (κ1) is 27.5. The second-order valence-electron chi connectivity index (χ2n) is 9.64. The molecule has 1 aliphatic heterocycles. The highest BCUT2D eigenvalue weighted by Crippen LogP contribution is 2.24. The monoisotopic (exact) mass is 500 g/mol. The Bertz CT molecular complexity index is 1100. The maximum atomic E-state index is 12.9. The van der Waals surface area contributed by atoms with E-state index < -0.39 is 11.9 Å². The minimum atomic E-state index is -0.653. The molecule has 9 nitrogen and oxygen atoms in total. The summed E-state index contributed by atoms with van der Waals surface area (Å²) in [4.78, 5) is 48.2. The summed E-state index contributed by atoms with van der Waals surface area (Å²) in [7, 11) is 1.72. The van der Waals surface area contributed by atoms with Crippen molar-refractivity contribution in [2.24, 2.45) is 7.05 Å². The zero-order chi connectivity index (χ0) is 25.9. The zero-order valence-electron chi connectivity index (χ0n) is 21.6. The molecular formula is C27H40N4O5. The van der Waals surface area contributed by atoms with Crippen LogP contribution in [-0.2, 0) is 27.8 Å². The highest BCUT2D eigenvalue weighted by atomic mass is 16.5. The van der Waals surface area contributed by atoms with Gasteiger partial charge < -0.3 is 10.1 Å². The van der Waals surface area contributed by atoms with Gasteiger partial charge in [0.15, 0.2) is 0 Å². The van der Waals surface area contributed by atoms with E-state index in [9.17, 15) is 19.2 Å². The van der Waals surface area contributed by atoms with E-state index in [0.29, 0.717) is 19.6 Å². The molecule has 2 heterocycles. The van der Waals surface area contributed by atoms with Crippen LogP contribution in [-0.4, -0.2) is 40.2 Å². The molecule has 3 amide bonds. The lowest BCUT2D eigenvalue weighted by molar-refractivity contribution is -0.135. The smallest absolute Gasteiger partial charge is 0.407 e. The van der Waals surface area contributed by atoms with E-state index in [2.05, 4.69) is 17.6 Å². The van der Waals surface area contributed by atoms with Gasteiger partial charge in [0.05, 0.1) is 17.6 Å². The van der Waals surface area contributed by atoms with Gasteiger partial charge in [0.2, 0.25) is 11.8 Å². The van der Waals surface area contributed by atoms with Gasteiger partial charge in [-0.25, -0.2) is 9.59 Å². The van der Waals surface area contributed by atoms with E-state index in [1.807, 2.05) is 18.2 Å². The molecule has 0 aliphatic carbocycles. The third-order valence-electron chi connectivity index (χ3n) is 6.82. The molecule has 0 spiro atoms. The van der Waals surface area contributed by atoms with Gasteiger partial charge in [-0.1, -0.05) is 51.5 Å². The normalized spacial score (nSPS) is 15.8. The van der Waals surface area contributed by atoms with Crippen molar-refractivity contribution in [2.45, 2.75) is 90.0 Å². The number of nitrogens with one attached hydrogen (secondary N) is 2. The Morgan fingerprint density at radius 2 is 1.75 bits per heavy atom. The van der Waals surface area contributed by atoms with Gasteiger partial charge in [-0.3, -0.25) is 24.0 Å². The fourth-order valence-corrected chi connectivity index (χ4v) is 4.68. The maximum Gasteiger partial charge on any atom is 0.407 e. The zero-order valence-corrected chi connectivity index (χ0v) is 21.6. The predicted molar refractivity (Wildman–Crippen MR) is 139 cm³/mol. The lowest BCUT2D eigenvalue weighted by atomic mass is 10.0. The van der Waals surface area contributed by atoms with E-state index >= 15 is 0 Å². The predicted octanol–water partition coefficient (Wildman–Crippen LogP) is 4.12. The maximum absolute atomic E-state index is 12.9. The minimum Gasteiger partial charge on any atom is -0.450 e. The Morgan fingerprint density at radius 1 is 1.03 bits per heavy atom. The lowest BCUT2D eigenvalue weighted by Crippen LogP contribution is -2.44. The summed E-state index contributed by atoms with van der Waals surface area (Å²) in [6.07, 6.45) is 11.0. The van der Waals surface area contributed by atoms with Crippen LogP contribution in [0.4, 0.5) is 4.79 Å². The Labute approximate surface area is 212 Å². The standard InChI is InChI=1S/C27H40N4O5/c1-3-4-18-36-26(34)28-17-11-9-7-5-6-8-10-12-20-13-14-21-23(19-20)30(2)27(35)31(21)22-15-16-24(32)29-25(22)33/h13-14,19,22H,3-12,15-18H2,1-2H3,(H,28,34)(H,29,32,33). The van der Waals surface area contributed by atoms with Crippen LogP contribution in [0.25, 0.3) is 11.0 Å². The second-order valence-corrected chi connectivity index (χ2v) is 9.64. The van der Waals surface area contributed by atoms with Crippen molar-refractivity contribution in [3.8, 4) is 0 Å². The van der Waals surface area contributed by atoms with E-state index in [1.165, 1.54) is 23.0 Å². The van der Waals surface area contributed by atoms with Crippen LogP contribution in [0.5, 0.6) is 0 Å². The number of unbranched alkanes of at least 4 members (excludes halogenated alkanes) is 7.